The third kappa shape index (κ3) is 2.13. The fourth-order valence-corrected chi connectivity index (χ4v) is 1.59. The molecular formula is C12H17N5. The van der Waals surface area contributed by atoms with E-state index in [0.717, 1.165) is 17.1 Å². The molecule has 0 radical (unpaired) electrons. The zero-order valence-corrected chi connectivity index (χ0v) is 10.6. The minimum atomic E-state index is 0.344. The summed E-state index contributed by atoms with van der Waals surface area (Å²) in [6, 6.07) is 1.88. The summed E-state index contributed by atoms with van der Waals surface area (Å²) in [7, 11) is 0. The molecule has 0 saturated heterocycles. The number of anilines is 1. The molecule has 0 aliphatic heterocycles. The Morgan fingerprint density at radius 2 is 2.00 bits per heavy atom. The fourth-order valence-electron chi connectivity index (χ4n) is 1.59. The summed E-state index contributed by atoms with van der Waals surface area (Å²) < 4.78 is 1.66. The van der Waals surface area contributed by atoms with E-state index in [9.17, 15) is 0 Å². The highest BCUT2D eigenvalue weighted by atomic mass is 15.3. The number of rotatable bonds is 2. The van der Waals surface area contributed by atoms with Gasteiger partial charge in [-0.25, -0.2) is 4.98 Å². The number of aromatic nitrogens is 4. The maximum atomic E-state index is 5.96. The van der Waals surface area contributed by atoms with Crippen molar-refractivity contribution in [2.24, 2.45) is 0 Å². The first kappa shape index (κ1) is 11.6. The van der Waals surface area contributed by atoms with Crippen LogP contribution in [-0.2, 0) is 0 Å². The molecule has 0 fully saturated rings. The van der Waals surface area contributed by atoms with E-state index in [4.69, 9.17) is 5.73 Å². The molecule has 0 bridgehead atoms. The Hall–Kier alpha value is -1.91. The lowest BCUT2D eigenvalue weighted by Crippen LogP contribution is -2.08. The van der Waals surface area contributed by atoms with E-state index in [2.05, 4.69) is 28.9 Å². The van der Waals surface area contributed by atoms with Gasteiger partial charge in [0.25, 0.3) is 0 Å². The van der Waals surface area contributed by atoms with Crippen molar-refractivity contribution in [1.29, 1.82) is 0 Å². The van der Waals surface area contributed by atoms with Gasteiger partial charge in [0.15, 0.2) is 5.82 Å². The highest BCUT2D eigenvalue weighted by Crippen LogP contribution is 2.19. The monoisotopic (exact) mass is 231 g/mol. The van der Waals surface area contributed by atoms with Crippen LogP contribution in [-0.4, -0.2) is 19.7 Å². The third-order valence-corrected chi connectivity index (χ3v) is 2.60. The van der Waals surface area contributed by atoms with Gasteiger partial charge in [-0.3, -0.25) is 4.98 Å². The second-order valence-electron chi connectivity index (χ2n) is 4.48. The topological polar surface area (TPSA) is 69.6 Å². The maximum Gasteiger partial charge on any atom is 0.177 e. The van der Waals surface area contributed by atoms with Gasteiger partial charge in [-0.15, -0.1) is 0 Å². The van der Waals surface area contributed by atoms with Crippen LogP contribution in [0.5, 0.6) is 0 Å². The average Bonchev–Trinajstić information content (AvgIpc) is 2.64. The molecule has 90 valence electrons. The summed E-state index contributed by atoms with van der Waals surface area (Å²) in [4.78, 5) is 8.71. The Balaban J connectivity index is 2.56. The van der Waals surface area contributed by atoms with E-state index >= 15 is 0 Å². The van der Waals surface area contributed by atoms with Crippen molar-refractivity contribution >= 4 is 5.82 Å². The van der Waals surface area contributed by atoms with E-state index in [1.165, 1.54) is 0 Å². The van der Waals surface area contributed by atoms with E-state index in [0.29, 0.717) is 17.6 Å². The minimum Gasteiger partial charge on any atom is -0.384 e. The zero-order chi connectivity index (χ0) is 12.6. The first-order chi connectivity index (χ1) is 7.99. The second-order valence-corrected chi connectivity index (χ2v) is 4.48. The fraction of sp³-hybridized carbons (Fsp3) is 0.417. The Morgan fingerprint density at radius 3 is 2.59 bits per heavy atom. The quantitative estimate of drug-likeness (QED) is 0.858. The molecule has 0 aromatic carbocycles. The van der Waals surface area contributed by atoms with Crippen LogP contribution in [0.25, 0.3) is 5.82 Å². The van der Waals surface area contributed by atoms with Gasteiger partial charge in [-0.05, 0) is 19.8 Å². The normalized spacial score (nSPS) is 11.1. The minimum absolute atomic E-state index is 0.344. The molecule has 0 saturated carbocycles. The van der Waals surface area contributed by atoms with Crippen molar-refractivity contribution < 1.29 is 0 Å². The number of nitrogen functional groups attached to an aromatic ring is 1. The van der Waals surface area contributed by atoms with Crippen LogP contribution >= 0.6 is 0 Å². The molecule has 0 unspecified atom stereocenters. The molecule has 2 aromatic rings. The Bertz CT molecular complexity index is 542. The summed E-state index contributed by atoms with van der Waals surface area (Å²) in [5, 5.41) is 4.47. The molecule has 0 spiro atoms. The smallest absolute Gasteiger partial charge is 0.177 e. The van der Waals surface area contributed by atoms with E-state index in [1.54, 1.807) is 10.9 Å². The van der Waals surface area contributed by atoms with Gasteiger partial charge in [0.1, 0.15) is 5.82 Å². The molecule has 0 aliphatic rings. The van der Waals surface area contributed by atoms with Crippen LogP contribution in [0.1, 0.15) is 36.8 Å². The van der Waals surface area contributed by atoms with Crippen LogP contribution < -0.4 is 5.73 Å². The highest BCUT2D eigenvalue weighted by Gasteiger charge is 2.13. The van der Waals surface area contributed by atoms with E-state index < -0.39 is 0 Å². The molecule has 2 aromatic heterocycles. The number of nitrogens with zero attached hydrogens (tertiary/aromatic N) is 4. The van der Waals surface area contributed by atoms with Crippen molar-refractivity contribution in [3.8, 4) is 5.82 Å². The van der Waals surface area contributed by atoms with Gasteiger partial charge in [-0.2, -0.15) is 9.78 Å². The number of hydrogen-bond donors (Lipinski definition) is 1. The standard InChI is InChI=1S/C12H17N5/c1-7(2)10-5-11(13)17(16-10)12-9(4)14-6-8(3)15-12/h5-7H,13H2,1-4H3. The van der Waals surface area contributed by atoms with Crippen molar-refractivity contribution in [2.75, 3.05) is 5.73 Å². The summed E-state index contributed by atoms with van der Waals surface area (Å²) >= 11 is 0. The maximum absolute atomic E-state index is 5.96. The number of hydrogen-bond acceptors (Lipinski definition) is 4. The van der Waals surface area contributed by atoms with Gasteiger partial charge < -0.3 is 5.73 Å². The summed E-state index contributed by atoms with van der Waals surface area (Å²) in [6.07, 6.45) is 1.74. The van der Waals surface area contributed by atoms with Crippen LogP contribution in [0.4, 0.5) is 5.82 Å². The third-order valence-electron chi connectivity index (χ3n) is 2.60. The lowest BCUT2D eigenvalue weighted by atomic mass is 10.1. The van der Waals surface area contributed by atoms with Gasteiger partial charge in [0.05, 0.1) is 17.1 Å². The van der Waals surface area contributed by atoms with E-state index in [-0.39, 0.29) is 0 Å². The van der Waals surface area contributed by atoms with Crippen molar-refractivity contribution in [2.45, 2.75) is 33.6 Å². The molecule has 17 heavy (non-hydrogen) atoms. The lowest BCUT2D eigenvalue weighted by molar-refractivity contribution is 0.751. The SMILES string of the molecule is Cc1cnc(C)c(-n2nc(C(C)C)cc2N)n1. The molecule has 5 nitrogen and oxygen atoms in total. The predicted octanol–water partition coefficient (Wildman–Crippen LogP) is 1.98. The number of nitrogens with two attached hydrogens (primary N) is 1. The van der Waals surface area contributed by atoms with Crippen LogP contribution in [0.3, 0.4) is 0 Å². The molecule has 2 rings (SSSR count). The summed E-state index contributed by atoms with van der Waals surface area (Å²) in [6.45, 7) is 7.97. The molecule has 0 atom stereocenters. The van der Waals surface area contributed by atoms with Crippen LogP contribution in [0.2, 0.25) is 0 Å². The Labute approximate surface area is 101 Å². The van der Waals surface area contributed by atoms with Gasteiger partial charge in [-0.1, -0.05) is 13.8 Å². The van der Waals surface area contributed by atoms with Gasteiger partial charge >= 0.3 is 0 Å². The first-order valence-corrected chi connectivity index (χ1v) is 5.65. The molecule has 2 heterocycles. The molecule has 0 amide bonds. The second kappa shape index (κ2) is 4.16. The molecule has 5 heteroatoms. The Kier molecular flexibility index (Phi) is 2.83. The number of aryl methyl sites for hydroxylation is 2. The van der Waals surface area contributed by atoms with Crippen LogP contribution in [0, 0.1) is 13.8 Å². The largest absolute Gasteiger partial charge is 0.384 e. The van der Waals surface area contributed by atoms with Gasteiger partial charge in [0.2, 0.25) is 0 Å². The summed E-state index contributed by atoms with van der Waals surface area (Å²) in [5.41, 5.74) is 8.60. The van der Waals surface area contributed by atoms with E-state index in [1.807, 2.05) is 19.9 Å². The zero-order valence-electron chi connectivity index (χ0n) is 10.6. The van der Waals surface area contributed by atoms with Crippen molar-refractivity contribution in [1.82, 2.24) is 19.7 Å². The van der Waals surface area contributed by atoms with Crippen molar-refractivity contribution in [3.05, 3.63) is 29.3 Å². The van der Waals surface area contributed by atoms with Gasteiger partial charge in [0, 0.05) is 12.3 Å². The Morgan fingerprint density at radius 1 is 1.29 bits per heavy atom. The average molecular weight is 231 g/mol. The molecule has 2 N–H and O–H groups in total. The van der Waals surface area contributed by atoms with Crippen molar-refractivity contribution in [3.63, 3.8) is 0 Å². The molecule has 0 aliphatic carbocycles. The lowest BCUT2D eigenvalue weighted by Gasteiger charge is -2.06. The predicted molar refractivity (Wildman–Crippen MR) is 67.1 cm³/mol. The molecular weight excluding hydrogens is 214 g/mol. The highest BCUT2D eigenvalue weighted by molar-refractivity contribution is 5.41. The summed E-state index contributed by atoms with van der Waals surface area (Å²) in [5.74, 6) is 1.64. The van der Waals surface area contributed by atoms with Crippen LogP contribution in [0.15, 0.2) is 12.3 Å². The first-order valence-electron chi connectivity index (χ1n) is 5.65.